The van der Waals surface area contributed by atoms with Crippen molar-refractivity contribution >= 4 is 29.3 Å². The summed E-state index contributed by atoms with van der Waals surface area (Å²) in [6, 6.07) is 2.40. The Balaban J connectivity index is 2.08. The van der Waals surface area contributed by atoms with Crippen LogP contribution in [0.5, 0.6) is 0 Å². The van der Waals surface area contributed by atoms with E-state index in [2.05, 4.69) is 35.1 Å². The predicted octanol–water partition coefficient (Wildman–Crippen LogP) is 1.33. The first kappa shape index (κ1) is 16.9. The molecular formula is C15H25N5OS. The number of rotatable bonds is 6. The second-order valence-electron chi connectivity index (χ2n) is 5.71. The van der Waals surface area contributed by atoms with Crippen molar-refractivity contribution in [3.05, 3.63) is 12.4 Å². The molecule has 6 nitrogen and oxygen atoms in total. The summed E-state index contributed by atoms with van der Waals surface area (Å²) in [5.41, 5.74) is 0. The third kappa shape index (κ3) is 4.03. The number of piperazine rings is 1. The van der Waals surface area contributed by atoms with Gasteiger partial charge >= 0.3 is 0 Å². The Morgan fingerprint density at radius 1 is 1.41 bits per heavy atom. The number of carbonyl (C=O) groups is 1. The molecule has 1 aliphatic heterocycles. The van der Waals surface area contributed by atoms with Crippen LogP contribution in [0, 0.1) is 0 Å². The molecule has 122 valence electrons. The van der Waals surface area contributed by atoms with Gasteiger partial charge in [0.2, 0.25) is 5.91 Å². The van der Waals surface area contributed by atoms with E-state index in [0.717, 1.165) is 36.9 Å². The minimum absolute atomic E-state index is 0.133. The molecule has 1 atom stereocenters. The van der Waals surface area contributed by atoms with E-state index in [1.165, 1.54) is 0 Å². The summed E-state index contributed by atoms with van der Waals surface area (Å²) in [5.74, 6) is 3.00. The lowest BCUT2D eigenvalue weighted by molar-refractivity contribution is -0.129. The monoisotopic (exact) mass is 323 g/mol. The molecule has 1 fully saturated rings. The van der Waals surface area contributed by atoms with E-state index in [9.17, 15) is 4.79 Å². The molecule has 1 amide bonds. The molecule has 1 aliphatic rings. The number of likely N-dealkylation sites (N-methyl/N-ethyl adjacent to an activating group) is 1. The maximum atomic E-state index is 11.9. The molecule has 0 N–H and O–H groups in total. The Kier molecular flexibility index (Phi) is 5.88. The van der Waals surface area contributed by atoms with E-state index in [1.807, 2.05) is 29.8 Å². The highest BCUT2D eigenvalue weighted by atomic mass is 32.2. The van der Waals surface area contributed by atoms with Crippen LogP contribution in [-0.2, 0) is 4.79 Å². The largest absolute Gasteiger partial charge is 0.357 e. The van der Waals surface area contributed by atoms with Gasteiger partial charge in [-0.2, -0.15) is 11.8 Å². The lowest BCUT2D eigenvalue weighted by Crippen LogP contribution is -2.48. The summed E-state index contributed by atoms with van der Waals surface area (Å²) in [7, 11) is 3.90. The Morgan fingerprint density at radius 2 is 2.18 bits per heavy atom. The van der Waals surface area contributed by atoms with Crippen molar-refractivity contribution < 1.29 is 4.79 Å². The zero-order chi connectivity index (χ0) is 16.1. The van der Waals surface area contributed by atoms with Crippen LogP contribution in [0.25, 0.3) is 0 Å². The van der Waals surface area contributed by atoms with Gasteiger partial charge in [0.05, 0.1) is 6.54 Å². The molecular weight excluding hydrogens is 298 g/mol. The summed E-state index contributed by atoms with van der Waals surface area (Å²) in [5, 5.41) is 0. The third-order valence-electron chi connectivity index (χ3n) is 4.18. The molecule has 1 saturated heterocycles. The molecule has 0 bridgehead atoms. The van der Waals surface area contributed by atoms with Crippen LogP contribution in [-0.4, -0.2) is 72.6 Å². The Hall–Kier alpha value is -1.50. The van der Waals surface area contributed by atoms with Crippen LogP contribution >= 0.6 is 11.8 Å². The SMILES string of the molecule is CSCCC(C)N(C)c1cc(N2CCN(C)C(=O)C2)ncn1. The second-order valence-corrected chi connectivity index (χ2v) is 6.70. The molecule has 0 aromatic carbocycles. The molecule has 0 radical (unpaired) electrons. The quantitative estimate of drug-likeness (QED) is 0.787. The third-order valence-corrected chi connectivity index (χ3v) is 4.83. The molecule has 1 aromatic heterocycles. The summed E-state index contributed by atoms with van der Waals surface area (Å²) in [6.07, 6.45) is 4.83. The number of carbonyl (C=O) groups excluding carboxylic acids is 1. The van der Waals surface area contributed by atoms with E-state index in [4.69, 9.17) is 0 Å². The van der Waals surface area contributed by atoms with Crippen LogP contribution in [0.15, 0.2) is 12.4 Å². The van der Waals surface area contributed by atoms with Gasteiger partial charge < -0.3 is 14.7 Å². The molecule has 7 heteroatoms. The van der Waals surface area contributed by atoms with Crippen molar-refractivity contribution in [2.45, 2.75) is 19.4 Å². The van der Waals surface area contributed by atoms with Gasteiger partial charge in [0, 0.05) is 39.3 Å². The van der Waals surface area contributed by atoms with Crippen LogP contribution in [0.4, 0.5) is 11.6 Å². The van der Waals surface area contributed by atoms with Crippen molar-refractivity contribution in [2.75, 3.05) is 55.5 Å². The van der Waals surface area contributed by atoms with Gasteiger partial charge in [-0.05, 0) is 25.4 Å². The van der Waals surface area contributed by atoms with E-state index >= 15 is 0 Å². The van der Waals surface area contributed by atoms with Crippen molar-refractivity contribution in [3.8, 4) is 0 Å². The number of aromatic nitrogens is 2. The molecule has 2 rings (SSSR count). The lowest BCUT2D eigenvalue weighted by Gasteiger charge is -2.33. The van der Waals surface area contributed by atoms with Crippen molar-refractivity contribution in [1.29, 1.82) is 0 Å². The standard InChI is InChI=1S/C15H25N5OS/c1-12(5-8-22-4)19(3)13-9-14(17-11-16-13)20-7-6-18(2)15(21)10-20/h9,11-12H,5-8,10H2,1-4H3. The number of thioether (sulfide) groups is 1. The highest BCUT2D eigenvalue weighted by molar-refractivity contribution is 7.98. The average molecular weight is 323 g/mol. The Labute approximate surface area is 136 Å². The number of hydrogen-bond acceptors (Lipinski definition) is 6. The number of hydrogen-bond donors (Lipinski definition) is 0. The molecule has 0 aliphatic carbocycles. The van der Waals surface area contributed by atoms with Gasteiger partial charge in [-0.3, -0.25) is 4.79 Å². The smallest absolute Gasteiger partial charge is 0.241 e. The first-order chi connectivity index (χ1) is 10.5. The van der Waals surface area contributed by atoms with Crippen molar-refractivity contribution in [2.24, 2.45) is 0 Å². The minimum Gasteiger partial charge on any atom is -0.357 e. The normalized spacial score (nSPS) is 16.8. The number of anilines is 2. The number of amides is 1. The first-order valence-electron chi connectivity index (χ1n) is 7.55. The zero-order valence-electron chi connectivity index (χ0n) is 13.8. The summed E-state index contributed by atoms with van der Waals surface area (Å²) in [4.78, 5) is 26.5. The molecule has 2 heterocycles. The molecule has 22 heavy (non-hydrogen) atoms. The fourth-order valence-corrected chi connectivity index (χ4v) is 2.94. The van der Waals surface area contributed by atoms with Crippen LogP contribution in [0.1, 0.15) is 13.3 Å². The van der Waals surface area contributed by atoms with Crippen molar-refractivity contribution in [3.63, 3.8) is 0 Å². The maximum Gasteiger partial charge on any atom is 0.241 e. The number of nitrogens with zero attached hydrogens (tertiary/aromatic N) is 5. The highest BCUT2D eigenvalue weighted by Crippen LogP contribution is 2.20. The fourth-order valence-electron chi connectivity index (χ4n) is 2.36. The minimum atomic E-state index is 0.133. The van der Waals surface area contributed by atoms with Crippen LogP contribution in [0.3, 0.4) is 0 Å². The van der Waals surface area contributed by atoms with Gasteiger partial charge in [-0.25, -0.2) is 9.97 Å². The first-order valence-corrected chi connectivity index (χ1v) is 8.95. The zero-order valence-corrected chi connectivity index (χ0v) is 14.6. The van der Waals surface area contributed by atoms with Crippen LogP contribution in [0.2, 0.25) is 0 Å². The summed E-state index contributed by atoms with van der Waals surface area (Å²) >= 11 is 1.86. The molecule has 0 spiro atoms. The molecule has 1 unspecified atom stereocenters. The van der Waals surface area contributed by atoms with Gasteiger partial charge in [0.15, 0.2) is 0 Å². The second kappa shape index (κ2) is 7.67. The topological polar surface area (TPSA) is 52.6 Å². The van der Waals surface area contributed by atoms with Crippen LogP contribution < -0.4 is 9.80 Å². The van der Waals surface area contributed by atoms with E-state index in [0.29, 0.717) is 12.6 Å². The highest BCUT2D eigenvalue weighted by Gasteiger charge is 2.22. The van der Waals surface area contributed by atoms with E-state index in [1.54, 1.807) is 11.2 Å². The Morgan fingerprint density at radius 3 is 2.86 bits per heavy atom. The van der Waals surface area contributed by atoms with Gasteiger partial charge in [-0.15, -0.1) is 0 Å². The lowest BCUT2D eigenvalue weighted by atomic mass is 10.2. The van der Waals surface area contributed by atoms with E-state index in [-0.39, 0.29) is 5.91 Å². The Bertz CT molecular complexity index is 512. The summed E-state index contributed by atoms with van der Waals surface area (Å²) < 4.78 is 0. The predicted molar refractivity (Wildman–Crippen MR) is 92.7 cm³/mol. The average Bonchev–Trinajstić information content (AvgIpc) is 2.54. The van der Waals surface area contributed by atoms with Gasteiger partial charge in [0.1, 0.15) is 18.0 Å². The molecule has 0 saturated carbocycles. The fraction of sp³-hybridized carbons (Fsp3) is 0.667. The molecule has 1 aromatic rings. The van der Waals surface area contributed by atoms with Crippen molar-refractivity contribution in [1.82, 2.24) is 14.9 Å². The van der Waals surface area contributed by atoms with Gasteiger partial charge in [0.25, 0.3) is 0 Å². The van der Waals surface area contributed by atoms with Gasteiger partial charge in [-0.1, -0.05) is 0 Å². The summed E-state index contributed by atoms with van der Waals surface area (Å²) in [6.45, 7) is 4.14. The van der Waals surface area contributed by atoms with E-state index < -0.39 is 0 Å². The maximum absolute atomic E-state index is 11.9.